The molecule has 0 spiro atoms. The van der Waals surface area contributed by atoms with E-state index in [9.17, 15) is 24.4 Å². The zero-order valence-corrected chi connectivity index (χ0v) is 11.3. The van der Waals surface area contributed by atoms with Gasteiger partial charge in [0.05, 0.1) is 4.92 Å². The molecule has 1 fully saturated rings. The minimum absolute atomic E-state index is 0.104. The number of halogens is 1. The molecule has 0 saturated heterocycles. The topological polar surface area (TPSA) is 102 Å². The van der Waals surface area contributed by atoms with Gasteiger partial charge in [0.25, 0.3) is 0 Å². The van der Waals surface area contributed by atoms with E-state index in [2.05, 4.69) is 5.32 Å². The number of nitrogens with zero attached hydrogens (tertiary/aromatic N) is 1. The first-order chi connectivity index (χ1) is 9.90. The van der Waals surface area contributed by atoms with E-state index < -0.39 is 27.9 Å². The first kappa shape index (κ1) is 15.2. The van der Waals surface area contributed by atoms with Crippen molar-refractivity contribution in [3.8, 4) is 5.75 Å². The van der Waals surface area contributed by atoms with Crippen molar-refractivity contribution in [3.05, 3.63) is 34.1 Å². The first-order valence-corrected chi connectivity index (χ1v) is 6.40. The van der Waals surface area contributed by atoms with E-state index in [-0.39, 0.29) is 18.3 Å². The fourth-order valence-electron chi connectivity index (χ4n) is 2.26. The molecule has 21 heavy (non-hydrogen) atoms. The van der Waals surface area contributed by atoms with Crippen LogP contribution < -0.4 is 10.1 Å². The molecule has 2 N–H and O–H groups in total. The van der Waals surface area contributed by atoms with Crippen LogP contribution in [0.3, 0.4) is 0 Å². The van der Waals surface area contributed by atoms with Crippen molar-refractivity contribution in [1.29, 1.82) is 0 Å². The zero-order valence-electron chi connectivity index (χ0n) is 11.3. The molecule has 0 bridgehead atoms. The number of carboxylic acid groups (broad SMARTS) is 1. The molecule has 8 heteroatoms. The lowest BCUT2D eigenvalue weighted by atomic mass is 9.94. The summed E-state index contributed by atoms with van der Waals surface area (Å²) in [4.78, 5) is 21.7. The molecule has 0 amide bonds. The molecule has 1 unspecified atom stereocenters. The Bertz CT molecular complexity index is 576. The van der Waals surface area contributed by atoms with Gasteiger partial charge in [0.1, 0.15) is 12.4 Å². The maximum Gasteiger partial charge on any atom is 0.327 e. The predicted molar refractivity (Wildman–Crippen MR) is 70.7 cm³/mol. The van der Waals surface area contributed by atoms with Gasteiger partial charge in [0.2, 0.25) is 0 Å². The van der Waals surface area contributed by atoms with E-state index in [0.29, 0.717) is 0 Å². The summed E-state index contributed by atoms with van der Waals surface area (Å²) in [5.74, 6) is -2.16. The standard InChI is InChI=1S/C13H15FN2O5/c1-15-13(12(17)18,8-2-3-8)7-21-11-6-9(14)4-5-10(11)16(19)20/h4-6,8,15H,2-3,7H2,1H3,(H,17,18). The second-order valence-electron chi connectivity index (χ2n) is 4.96. The van der Waals surface area contributed by atoms with Crippen LogP contribution in [0.4, 0.5) is 10.1 Å². The zero-order chi connectivity index (χ0) is 15.6. The highest BCUT2D eigenvalue weighted by Gasteiger charge is 2.51. The molecule has 1 aliphatic rings. The Morgan fingerprint density at radius 1 is 1.62 bits per heavy atom. The Kier molecular flexibility index (Phi) is 4.08. The summed E-state index contributed by atoms with van der Waals surface area (Å²) in [7, 11) is 1.50. The highest BCUT2D eigenvalue weighted by Crippen LogP contribution is 2.40. The second-order valence-corrected chi connectivity index (χ2v) is 4.96. The van der Waals surface area contributed by atoms with Gasteiger partial charge in [-0.05, 0) is 31.9 Å². The van der Waals surface area contributed by atoms with Crippen LogP contribution in [0.2, 0.25) is 0 Å². The molecule has 1 aromatic rings. The Balaban J connectivity index is 2.23. The van der Waals surface area contributed by atoms with Crippen LogP contribution >= 0.6 is 0 Å². The minimum Gasteiger partial charge on any atom is -0.484 e. The van der Waals surface area contributed by atoms with Gasteiger partial charge in [-0.15, -0.1) is 0 Å². The number of nitro groups is 1. The molecule has 1 saturated carbocycles. The highest BCUT2D eigenvalue weighted by molar-refractivity contribution is 5.80. The number of hydrogen-bond donors (Lipinski definition) is 2. The molecular formula is C13H15FN2O5. The number of rotatable bonds is 7. The summed E-state index contributed by atoms with van der Waals surface area (Å²) < 4.78 is 18.5. The van der Waals surface area contributed by atoms with Gasteiger partial charge in [0, 0.05) is 12.1 Å². The molecule has 2 rings (SSSR count). The number of likely N-dealkylation sites (N-methyl/N-ethyl adjacent to an activating group) is 1. The monoisotopic (exact) mass is 298 g/mol. The van der Waals surface area contributed by atoms with Gasteiger partial charge in [-0.2, -0.15) is 0 Å². The van der Waals surface area contributed by atoms with Crippen LogP contribution in [-0.2, 0) is 4.79 Å². The smallest absolute Gasteiger partial charge is 0.327 e. The summed E-state index contributed by atoms with van der Waals surface area (Å²) in [6, 6.07) is 2.82. The average molecular weight is 298 g/mol. The lowest BCUT2D eigenvalue weighted by molar-refractivity contribution is -0.386. The number of aliphatic carboxylic acids is 1. The largest absolute Gasteiger partial charge is 0.484 e. The van der Waals surface area contributed by atoms with E-state index >= 15 is 0 Å². The summed E-state index contributed by atoms with van der Waals surface area (Å²) in [5, 5.41) is 23.0. The van der Waals surface area contributed by atoms with Gasteiger partial charge in [0.15, 0.2) is 11.3 Å². The summed E-state index contributed by atoms with van der Waals surface area (Å²) >= 11 is 0. The predicted octanol–water partition coefficient (Wildman–Crippen LogP) is 1.57. The maximum absolute atomic E-state index is 13.2. The number of carboxylic acids is 1. The Morgan fingerprint density at radius 3 is 2.76 bits per heavy atom. The lowest BCUT2D eigenvalue weighted by Gasteiger charge is -2.28. The SMILES string of the molecule is CNC(COc1cc(F)ccc1[N+](=O)[O-])(C(=O)O)C1CC1. The molecule has 1 atom stereocenters. The van der Waals surface area contributed by atoms with Gasteiger partial charge >= 0.3 is 11.7 Å². The number of carbonyl (C=O) groups is 1. The van der Waals surface area contributed by atoms with Crippen molar-refractivity contribution in [2.45, 2.75) is 18.4 Å². The van der Waals surface area contributed by atoms with E-state index in [0.717, 1.165) is 31.0 Å². The van der Waals surface area contributed by atoms with Crippen molar-refractivity contribution in [2.75, 3.05) is 13.7 Å². The summed E-state index contributed by atoms with van der Waals surface area (Å²) in [6.45, 7) is -0.312. The molecule has 0 aromatic heterocycles. The molecule has 114 valence electrons. The Labute approximate surface area is 119 Å². The third kappa shape index (κ3) is 2.94. The van der Waals surface area contributed by atoms with Gasteiger partial charge in [-0.25, -0.2) is 4.39 Å². The number of ether oxygens (including phenoxy) is 1. The van der Waals surface area contributed by atoms with Crippen molar-refractivity contribution in [1.82, 2.24) is 5.32 Å². The van der Waals surface area contributed by atoms with Crippen molar-refractivity contribution < 1.29 is 24.0 Å². The number of benzene rings is 1. The molecule has 1 aliphatic carbocycles. The maximum atomic E-state index is 13.2. The molecule has 1 aromatic carbocycles. The molecule has 0 radical (unpaired) electrons. The fourth-order valence-corrected chi connectivity index (χ4v) is 2.26. The highest BCUT2D eigenvalue weighted by atomic mass is 19.1. The third-order valence-corrected chi connectivity index (χ3v) is 3.68. The van der Waals surface area contributed by atoms with Crippen LogP contribution in [0.1, 0.15) is 12.8 Å². The van der Waals surface area contributed by atoms with Crippen molar-refractivity contribution in [2.24, 2.45) is 5.92 Å². The third-order valence-electron chi connectivity index (χ3n) is 3.68. The molecule has 0 aliphatic heterocycles. The number of hydrogen-bond acceptors (Lipinski definition) is 5. The summed E-state index contributed by atoms with van der Waals surface area (Å²) in [6.07, 6.45) is 1.48. The number of nitrogens with one attached hydrogen (secondary N) is 1. The quantitative estimate of drug-likeness (QED) is 0.585. The fraction of sp³-hybridized carbons (Fsp3) is 0.462. The van der Waals surface area contributed by atoms with Crippen LogP contribution in [0.15, 0.2) is 18.2 Å². The van der Waals surface area contributed by atoms with E-state index in [1.165, 1.54) is 7.05 Å². The second kappa shape index (κ2) is 5.65. The first-order valence-electron chi connectivity index (χ1n) is 6.40. The average Bonchev–Trinajstić information content (AvgIpc) is 3.24. The Hall–Kier alpha value is -2.22. The van der Waals surface area contributed by atoms with Gasteiger partial charge in [-0.3, -0.25) is 14.9 Å². The lowest BCUT2D eigenvalue weighted by Crippen LogP contribution is -2.56. The van der Waals surface area contributed by atoms with Crippen LogP contribution in [0.25, 0.3) is 0 Å². The van der Waals surface area contributed by atoms with Crippen molar-refractivity contribution >= 4 is 11.7 Å². The minimum atomic E-state index is -1.32. The normalized spacial score (nSPS) is 17.0. The van der Waals surface area contributed by atoms with Crippen LogP contribution in [0.5, 0.6) is 5.75 Å². The van der Waals surface area contributed by atoms with E-state index in [4.69, 9.17) is 4.74 Å². The van der Waals surface area contributed by atoms with Crippen molar-refractivity contribution in [3.63, 3.8) is 0 Å². The van der Waals surface area contributed by atoms with E-state index in [1.54, 1.807) is 0 Å². The van der Waals surface area contributed by atoms with Gasteiger partial charge < -0.3 is 15.2 Å². The van der Waals surface area contributed by atoms with Gasteiger partial charge in [-0.1, -0.05) is 0 Å². The van der Waals surface area contributed by atoms with Crippen LogP contribution in [0, 0.1) is 21.8 Å². The molecule has 0 heterocycles. The number of nitro benzene ring substituents is 1. The Morgan fingerprint density at radius 2 is 2.29 bits per heavy atom. The van der Waals surface area contributed by atoms with E-state index in [1.807, 2.05) is 0 Å². The molecular weight excluding hydrogens is 283 g/mol. The summed E-state index contributed by atoms with van der Waals surface area (Å²) in [5.41, 5.74) is -1.72. The molecule has 7 nitrogen and oxygen atoms in total. The van der Waals surface area contributed by atoms with Crippen LogP contribution in [-0.4, -0.2) is 35.2 Å².